The second-order valence-electron chi connectivity index (χ2n) is 6.95. The molecule has 0 amide bonds. The zero-order valence-electron chi connectivity index (χ0n) is 16.0. The summed E-state index contributed by atoms with van der Waals surface area (Å²) in [5, 5.41) is 11.4. The highest BCUT2D eigenvalue weighted by Crippen LogP contribution is 2.34. The van der Waals surface area contributed by atoms with Crippen molar-refractivity contribution in [2.45, 2.75) is 38.8 Å². The summed E-state index contributed by atoms with van der Waals surface area (Å²) < 4.78 is 19.1. The van der Waals surface area contributed by atoms with Crippen LogP contribution in [-0.4, -0.2) is 59.3 Å². The summed E-state index contributed by atoms with van der Waals surface area (Å²) in [4.78, 5) is 9.01. The molecule has 0 aliphatic carbocycles. The van der Waals surface area contributed by atoms with Crippen molar-refractivity contribution in [2.75, 3.05) is 44.1 Å². The van der Waals surface area contributed by atoms with E-state index in [0.29, 0.717) is 31.0 Å². The van der Waals surface area contributed by atoms with E-state index in [9.17, 15) is 0 Å². The molecule has 27 heavy (non-hydrogen) atoms. The minimum absolute atomic E-state index is 0.123. The molecule has 9 heteroatoms. The topological polar surface area (TPSA) is 95.4 Å². The first-order valence-electron chi connectivity index (χ1n) is 9.32. The molecule has 2 N–H and O–H groups in total. The molecule has 2 aromatic heterocycles. The van der Waals surface area contributed by atoms with E-state index in [1.165, 1.54) is 0 Å². The third-order valence-electron chi connectivity index (χ3n) is 5.10. The highest BCUT2D eigenvalue weighted by Gasteiger charge is 2.25. The van der Waals surface area contributed by atoms with Crippen LogP contribution in [0.3, 0.4) is 0 Å². The Morgan fingerprint density at radius 1 is 1.26 bits per heavy atom. The molecule has 2 aromatic rings. The molecule has 0 radical (unpaired) electrons. The quantitative estimate of drug-likeness (QED) is 0.826. The summed E-state index contributed by atoms with van der Waals surface area (Å²) in [6, 6.07) is 0.305. The number of hydrogen-bond acceptors (Lipinski definition) is 8. The number of nitrogens with zero attached hydrogens (tertiary/aromatic N) is 4. The molecule has 1 saturated heterocycles. The molecule has 0 aromatic carbocycles. The molecule has 146 valence electrons. The van der Waals surface area contributed by atoms with Gasteiger partial charge in [-0.05, 0) is 26.7 Å². The van der Waals surface area contributed by atoms with E-state index >= 15 is 0 Å². The van der Waals surface area contributed by atoms with Crippen LogP contribution in [0.5, 0.6) is 5.88 Å². The number of fused-ring (bicyclic) bond motifs is 3. The van der Waals surface area contributed by atoms with Gasteiger partial charge in [0, 0.05) is 38.6 Å². The Labute approximate surface area is 158 Å². The minimum Gasteiger partial charge on any atom is -0.472 e. The van der Waals surface area contributed by atoms with E-state index in [1.54, 1.807) is 13.3 Å². The molecule has 2 bridgehead atoms. The van der Waals surface area contributed by atoms with E-state index in [-0.39, 0.29) is 6.10 Å². The largest absolute Gasteiger partial charge is 0.472 e. The Kier molecular flexibility index (Phi) is 5.13. The highest BCUT2D eigenvalue weighted by molar-refractivity contribution is 5.64. The molecule has 2 aliphatic rings. The first-order valence-corrected chi connectivity index (χ1v) is 9.32. The van der Waals surface area contributed by atoms with Crippen molar-refractivity contribution in [2.24, 2.45) is 0 Å². The number of methoxy groups -OCH3 is 1. The highest BCUT2D eigenvalue weighted by atomic mass is 16.5. The fourth-order valence-corrected chi connectivity index (χ4v) is 3.41. The van der Waals surface area contributed by atoms with Crippen LogP contribution < -0.4 is 15.4 Å². The van der Waals surface area contributed by atoms with Crippen molar-refractivity contribution < 1.29 is 14.2 Å². The van der Waals surface area contributed by atoms with Gasteiger partial charge in [0.2, 0.25) is 5.95 Å². The number of anilines is 3. The Hall–Kier alpha value is -2.39. The Bertz CT molecular complexity index is 803. The summed E-state index contributed by atoms with van der Waals surface area (Å²) in [6.45, 7) is 6.51. The van der Waals surface area contributed by atoms with Crippen molar-refractivity contribution >= 4 is 17.5 Å². The van der Waals surface area contributed by atoms with Crippen LogP contribution >= 0.6 is 0 Å². The lowest BCUT2D eigenvalue weighted by Crippen LogP contribution is -2.29. The van der Waals surface area contributed by atoms with Crippen LogP contribution in [0.15, 0.2) is 6.20 Å². The first kappa shape index (κ1) is 18.0. The van der Waals surface area contributed by atoms with Gasteiger partial charge in [0.1, 0.15) is 24.2 Å². The SMILES string of the molecule is COC1CNc2nc(ncc2C)Nc2c(nn(C3CCOCC3)c2C)OC1. The fourth-order valence-electron chi connectivity index (χ4n) is 3.41. The van der Waals surface area contributed by atoms with E-state index in [2.05, 4.69) is 20.6 Å². The Morgan fingerprint density at radius 2 is 2.07 bits per heavy atom. The summed E-state index contributed by atoms with van der Waals surface area (Å²) in [5.41, 5.74) is 2.78. The summed E-state index contributed by atoms with van der Waals surface area (Å²) in [5.74, 6) is 1.85. The van der Waals surface area contributed by atoms with Gasteiger partial charge in [0.15, 0.2) is 0 Å². The second kappa shape index (κ2) is 7.69. The molecule has 0 spiro atoms. The number of nitrogens with one attached hydrogen (secondary N) is 2. The molecule has 4 rings (SSSR count). The van der Waals surface area contributed by atoms with Gasteiger partial charge in [0.25, 0.3) is 5.88 Å². The summed E-state index contributed by atoms with van der Waals surface area (Å²) in [6.07, 6.45) is 3.56. The van der Waals surface area contributed by atoms with Crippen LogP contribution in [-0.2, 0) is 9.47 Å². The predicted molar refractivity (Wildman–Crippen MR) is 101 cm³/mol. The lowest BCUT2D eigenvalue weighted by atomic mass is 10.1. The number of ether oxygens (including phenoxy) is 3. The number of rotatable bonds is 2. The molecular formula is C18H26N6O3. The zero-order valence-corrected chi connectivity index (χ0v) is 16.0. The van der Waals surface area contributed by atoms with Crippen molar-refractivity contribution in [3.63, 3.8) is 0 Å². The van der Waals surface area contributed by atoms with Gasteiger partial charge in [-0.3, -0.25) is 4.68 Å². The van der Waals surface area contributed by atoms with Crippen LogP contribution in [0.25, 0.3) is 0 Å². The lowest BCUT2D eigenvalue weighted by molar-refractivity contribution is 0.0604. The van der Waals surface area contributed by atoms with Crippen LogP contribution in [0.4, 0.5) is 17.5 Å². The maximum absolute atomic E-state index is 6.04. The molecular weight excluding hydrogens is 348 g/mol. The molecule has 4 heterocycles. The van der Waals surface area contributed by atoms with E-state index in [4.69, 9.17) is 19.3 Å². The Morgan fingerprint density at radius 3 is 2.85 bits per heavy atom. The average molecular weight is 374 g/mol. The van der Waals surface area contributed by atoms with Crippen molar-refractivity contribution in [3.05, 3.63) is 17.5 Å². The minimum atomic E-state index is -0.123. The summed E-state index contributed by atoms with van der Waals surface area (Å²) >= 11 is 0. The van der Waals surface area contributed by atoms with Crippen LogP contribution in [0.1, 0.15) is 30.1 Å². The standard InChI is InChI=1S/C18H26N6O3/c1-11-8-20-18-21-15-12(2)24(13-4-6-26-7-5-13)23-17(15)27-10-14(25-3)9-19-16(11)22-18/h8,13-14H,4-7,9-10H2,1-3H3,(H2,19,20,21,22). The third kappa shape index (κ3) is 3.70. The third-order valence-corrected chi connectivity index (χ3v) is 5.10. The monoisotopic (exact) mass is 374 g/mol. The van der Waals surface area contributed by atoms with Crippen molar-refractivity contribution in [1.82, 2.24) is 19.7 Å². The first-order chi connectivity index (χ1) is 13.2. The van der Waals surface area contributed by atoms with Gasteiger partial charge in [-0.2, -0.15) is 4.98 Å². The van der Waals surface area contributed by atoms with E-state index < -0.39 is 0 Å². The van der Waals surface area contributed by atoms with Crippen molar-refractivity contribution in [3.8, 4) is 5.88 Å². The molecule has 1 unspecified atom stereocenters. The van der Waals surface area contributed by atoms with Gasteiger partial charge < -0.3 is 24.8 Å². The maximum atomic E-state index is 6.04. The normalized spacial score (nSPS) is 20.6. The maximum Gasteiger partial charge on any atom is 0.257 e. The number of hydrogen-bond donors (Lipinski definition) is 2. The van der Waals surface area contributed by atoms with Crippen LogP contribution in [0, 0.1) is 13.8 Å². The van der Waals surface area contributed by atoms with Gasteiger partial charge in [0.05, 0.1) is 11.7 Å². The lowest BCUT2D eigenvalue weighted by Gasteiger charge is -2.23. The zero-order chi connectivity index (χ0) is 18.8. The van der Waals surface area contributed by atoms with Crippen LogP contribution in [0.2, 0.25) is 0 Å². The smallest absolute Gasteiger partial charge is 0.257 e. The number of aromatic nitrogens is 4. The van der Waals surface area contributed by atoms with Crippen molar-refractivity contribution in [1.29, 1.82) is 0 Å². The van der Waals surface area contributed by atoms with E-state index in [1.807, 2.05) is 18.5 Å². The van der Waals surface area contributed by atoms with Gasteiger partial charge in [-0.25, -0.2) is 4.98 Å². The molecule has 1 fully saturated rings. The predicted octanol–water partition coefficient (Wildman–Crippen LogP) is 2.20. The summed E-state index contributed by atoms with van der Waals surface area (Å²) in [7, 11) is 1.68. The fraction of sp³-hybridized carbons (Fsp3) is 0.611. The molecule has 1 atom stereocenters. The average Bonchev–Trinajstić information content (AvgIpc) is 2.99. The van der Waals surface area contributed by atoms with Gasteiger partial charge in [-0.15, -0.1) is 5.10 Å². The molecule has 0 saturated carbocycles. The Balaban J connectivity index is 1.72. The van der Waals surface area contributed by atoms with Gasteiger partial charge in [-0.1, -0.05) is 0 Å². The second-order valence-corrected chi connectivity index (χ2v) is 6.95. The van der Waals surface area contributed by atoms with Gasteiger partial charge >= 0.3 is 0 Å². The number of aryl methyl sites for hydroxylation is 1. The molecule has 9 nitrogen and oxygen atoms in total. The van der Waals surface area contributed by atoms with E-state index in [0.717, 1.165) is 48.8 Å². The molecule has 2 aliphatic heterocycles.